The molecular weight excluding hydrogens is 267 g/mol. The van der Waals surface area contributed by atoms with Gasteiger partial charge in [0.05, 0.1) is 0 Å². The second kappa shape index (κ2) is 5.60. The minimum atomic E-state index is -6.00. The zero-order valence-electron chi connectivity index (χ0n) is 7.96. The molecule has 0 bridgehead atoms. The molecule has 11 heteroatoms. The van der Waals surface area contributed by atoms with E-state index >= 15 is 0 Å². The van der Waals surface area contributed by atoms with Gasteiger partial charge in [0.1, 0.15) is 0 Å². The number of benzene rings is 1. The molecule has 1 N–H and O–H groups in total. The van der Waals surface area contributed by atoms with E-state index in [1.807, 2.05) is 0 Å². The van der Waals surface area contributed by atoms with Crippen LogP contribution in [0, 0.1) is 5.39 Å². The van der Waals surface area contributed by atoms with E-state index in [2.05, 4.69) is 4.98 Å². The molecule has 0 aromatic heterocycles. The molecule has 1 aromatic carbocycles. The standard InChI is InChI=1S/C6H4N2O3S.BF4/c7-8-5-3-1-2-4-6(5)12(9,10)11;2-1(3,4)5/h1-4H;/q;-1/p+1. The molecular formula is C6H5BF4N2O3S. The minimum absolute atomic E-state index is 0.181. The van der Waals surface area contributed by atoms with Crippen LogP contribution < -0.4 is 0 Å². The van der Waals surface area contributed by atoms with Crippen molar-refractivity contribution < 1.29 is 30.2 Å². The van der Waals surface area contributed by atoms with Crippen molar-refractivity contribution in [3.05, 3.63) is 29.2 Å². The fraction of sp³-hybridized carbons (Fsp3) is 0. The smallest absolute Gasteiger partial charge is 0.418 e. The van der Waals surface area contributed by atoms with E-state index in [1.54, 1.807) is 0 Å². The molecule has 1 aromatic rings. The van der Waals surface area contributed by atoms with Crippen LogP contribution in [0.1, 0.15) is 0 Å². The Kier molecular flexibility index (Phi) is 5.05. The molecule has 0 saturated carbocycles. The highest BCUT2D eigenvalue weighted by molar-refractivity contribution is 7.86. The molecule has 1 rings (SSSR count). The highest BCUT2D eigenvalue weighted by atomic mass is 32.2. The van der Waals surface area contributed by atoms with Gasteiger partial charge in [0, 0.05) is 6.07 Å². The van der Waals surface area contributed by atoms with E-state index in [0.717, 1.165) is 6.07 Å². The van der Waals surface area contributed by atoms with Gasteiger partial charge in [-0.05, 0) is 6.07 Å². The normalized spacial score (nSPS) is 11.1. The summed E-state index contributed by atoms with van der Waals surface area (Å²) >= 11 is 0. The van der Waals surface area contributed by atoms with E-state index in [-0.39, 0.29) is 5.69 Å². The van der Waals surface area contributed by atoms with Crippen LogP contribution in [-0.4, -0.2) is 20.2 Å². The number of halogens is 4. The lowest BCUT2D eigenvalue weighted by molar-refractivity contribution is 0.368. The SMILES string of the molecule is F[B-](F)(F)F.N#[N+]c1ccccc1S(=O)(=O)O. The number of diazo groups is 1. The largest absolute Gasteiger partial charge is 0.673 e. The second-order valence-electron chi connectivity index (χ2n) is 2.54. The third-order valence-corrected chi connectivity index (χ3v) is 2.15. The molecule has 0 heterocycles. The van der Waals surface area contributed by atoms with Crippen molar-refractivity contribution in [2.24, 2.45) is 0 Å². The van der Waals surface area contributed by atoms with Crippen molar-refractivity contribution in [2.75, 3.05) is 0 Å². The summed E-state index contributed by atoms with van der Waals surface area (Å²) in [5.41, 5.74) is -0.181. The highest BCUT2D eigenvalue weighted by Gasteiger charge is 2.22. The van der Waals surface area contributed by atoms with Gasteiger partial charge in [0.15, 0.2) is 9.87 Å². The summed E-state index contributed by atoms with van der Waals surface area (Å²) in [7, 11) is -10.3. The summed E-state index contributed by atoms with van der Waals surface area (Å²) in [6.45, 7) is 0. The van der Waals surface area contributed by atoms with Crippen LogP contribution in [0.25, 0.3) is 4.98 Å². The van der Waals surface area contributed by atoms with Crippen molar-refractivity contribution >= 4 is 23.1 Å². The number of hydrogen-bond acceptors (Lipinski definition) is 3. The van der Waals surface area contributed by atoms with Gasteiger partial charge in [-0.2, -0.15) is 8.42 Å². The van der Waals surface area contributed by atoms with Crippen molar-refractivity contribution in [3.8, 4) is 0 Å². The Morgan fingerprint density at radius 1 is 1.18 bits per heavy atom. The van der Waals surface area contributed by atoms with Crippen LogP contribution in [0.15, 0.2) is 29.2 Å². The molecule has 0 aliphatic heterocycles. The first-order valence-corrected chi connectivity index (χ1v) is 5.28. The Labute approximate surface area is 93.5 Å². The van der Waals surface area contributed by atoms with Gasteiger partial charge in [-0.3, -0.25) is 4.55 Å². The molecule has 94 valence electrons. The fourth-order valence-electron chi connectivity index (χ4n) is 0.758. The molecule has 5 nitrogen and oxygen atoms in total. The second-order valence-corrected chi connectivity index (χ2v) is 3.93. The van der Waals surface area contributed by atoms with Crippen molar-refractivity contribution in [2.45, 2.75) is 4.90 Å². The summed E-state index contributed by atoms with van der Waals surface area (Å²) in [4.78, 5) is 2.29. The zero-order valence-corrected chi connectivity index (χ0v) is 8.78. The average molecular weight is 272 g/mol. The maximum absolute atomic E-state index is 10.6. The summed E-state index contributed by atoms with van der Waals surface area (Å²) in [5.74, 6) is 0. The molecule has 0 spiro atoms. The lowest BCUT2D eigenvalue weighted by atomic mass is 10.3. The van der Waals surface area contributed by atoms with Crippen molar-refractivity contribution in [3.63, 3.8) is 0 Å². The molecule has 0 aliphatic carbocycles. The molecule has 0 amide bonds. The molecule has 17 heavy (non-hydrogen) atoms. The maximum atomic E-state index is 10.6. The third-order valence-electron chi connectivity index (χ3n) is 1.25. The van der Waals surface area contributed by atoms with Crippen LogP contribution >= 0.6 is 0 Å². The maximum Gasteiger partial charge on any atom is 0.673 e. The summed E-state index contributed by atoms with van der Waals surface area (Å²) in [6.07, 6.45) is 0. The first-order valence-electron chi connectivity index (χ1n) is 3.84. The van der Waals surface area contributed by atoms with Crippen LogP contribution in [0.5, 0.6) is 0 Å². The fourth-order valence-corrected chi connectivity index (χ4v) is 1.38. The van der Waals surface area contributed by atoms with Gasteiger partial charge in [0.2, 0.25) is 5.39 Å². The Hall–Kier alpha value is -1.67. The molecule has 0 saturated heterocycles. The monoisotopic (exact) mass is 272 g/mol. The molecule has 0 fully saturated rings. The molecule has 0 unspecified atom stereocenters. The first kappa shape index (κ1) is 15.3. The summed E-state index contributed by atoms with van der Waals surface area (Å²) in [5, 5.41) is 8.33. The van der Waals surface area contributed by atoms with E-state index < -0.39 is 22.3 Å². The highest BCUT2D eigenvalue weighted by Crippen LogP contribution is 2.22. The lowest BCUT2D eigenvalue weighted by Gasteiger charge is -1.94. The Balaban J connectivity index is 0.000000437. The minimum Gasteiger partial charge on any atom is -0.418 e. The number of rotatable bonds is 1. The van der Waals surface area contributed by atoms with Gasteiger partial charge in [-0.15, -0.1) is 0 Å². The van der Waals surface area contributed by atoms with Crippen LogP contribution in [-0.2, 0) is 10.1 Å². The van der Waals surface area contributed by atoms with E-state index in [4.69, 9.17) is 9.95 Å². The topological polar surface area (TPSA) is 82.5 Å². The number of hydrogen-bond donors (Lipinski definition) is 1. The first-order chi connectivity index (χ1) is 7.55. The predicted octanol–water partition coefficient (Wildman–Crippen LogP) is 2.72. The molecule has 0 radical (unpaired) electrons. The van der Waals surface area contributed by atoms with Crippen molar-refractivity contribution in [1.29, 1.82) is 5.39 Å². The lowest BCUT2D eigenvalue weighted by Crippen LogP contribution is -2.02. The van der Waals surface area contributed by atoms with Crippen LogP contribution in [0.2, 0.25) is 0 Å². The van der Waals surface area contributed by atoms with E-state index in [0.29, 0.717) is 0 Å². The average Bonchev–Trinajstić information content (AvgIpc) is 2.14. The van der Waals surface area contributed by atoms with Crippen LogP contribution in [0.3, 0.4) is 0 Å². The van der Waals surface area contributed by atoms with E-state index in [1.165, 1.54) is 18.2 Å². The third kappa shape index (κ3) is 7.26. The van der Waals surface area contributed by atoms with Crippen LogP contribution in [0.4, 0.5) is 23.0 Å². The predicted molar refractivity (Wildman–Crippen MR) is 51.2 cm³/mol. The van der Waals surface area contributed by atoms with Gasteiger partial charge < -0.3 is 17.3 Å². The van der Waals surface area contributed by atoms with E-state index in [9.17, 15) is 25.7 Å². The molecule has 0 aliphatic rings. The van der Waals surface area contributed by atoms with Gasteiger partial charge in [0.25, 0.3) is 0 Å². The van der Waals surface area contributed by atoms with Gasteiger partial charge in [-0.1, -0.05) is 12.1 Å². The molecule has 0 atom stereocenters. The zero-order chi connectivity index (χ0) is 13.7. The summed E-state index contributed by atoms with van der Waals surface area (Å²) in [6, 6.07) is 5.31. The summed E-state index contributed by atoms with van der Waals surface area (Å²) < 4.78 is 68.8. The Morgan fingerprint density at radius 3 is 1.88 bits per heavy atom. The quantitative estimate of drug-likeness (QED) is 0.368. The van der Waals surface area contributed by atoms with Gasteiger partial charge in [-0.25, -0.2) is 0 Å². The number of nitrogens with zero attached hydrogens (tertiary/aromatic N) is 2. The van der Waals surface area contributed by atoms with Gasteiger partial charge >= 0.3 is 23.1 Å². The Bertz CT molecular complexity index is 519. The Morgan fingerprint density at radius 2 is 1.59 bits per heavy atom. The van der Waals surface area contributed by atoms with Crippen molar-refractivity contribution in [1.82, 2.24) is 0 Å².